The molecule has 150 valence electrons. The second-order valence-corrected chi connectivity index (χ2v) is 7.63. The van der Waals surface area contributed by atoms with Crippen molar-refractivity contribution in [3.8, 4) is 0 Å². The molecule has 1 N–H and O–H groups in total. The summed E-state index contributed by atoms with van der Waals surface area (Å²) >= 11 is 1.13. The summed E-state index contributed by atoms with van der Waals surface area (Å²) in [7, 11) is 1.75. The number of carbonyl (C=O) groups excluding carboxylic acids is 1. The summed E-state index contributed by atoms with van der Waals surface area (Å²) in [5.41, 5.74) is 1.82. The van der Waals surface area contributed by atoms with E-state index >= 15 is 0 Å². The van der Waals surface area contributed by atoms with Crippen LogP contribution >= 0.6 is 11.8 Å². The molecule has 29 heavy (non-hydrogen) atoms. The quantitative estimate of drug-likeness (QED) is 0.449. The van der Waals surface area contributed by atoms with E-state index in [0.717, 1.165) is 23.7 Å². The summed E-state index contributed by atoms with van der Waals surface area (Å²) in [5.74, 6) is -0.106. The van der Waals surface area contributed by atoms with Gasteiger partial charge in [-0.25, -0.2) is 0 Å². The number of nitro benzene ring substituents is 1. The van der Waals surface area contributed by atoms with E-state index in [9.17, 15) is 14.9 Å². The molecule has 0 saturated carbocycles. The number of nitrogens with zero attached hydrogens (tertiary/aromatic N) is 4. The molecule has 0 aliphatic carbocycles. The van der Waals surface area contributed by atoms with Crippen molar-refractivity contribution in [3.63, 3.8) is 0 Å². The third-order valence-corrected chi connectivity index (χ3v) is 5.76. The van der Waals surface area contributed by atoms with Crippen molar-refractivity contribution in [3.05, 3.63) is 70.0 Å². The van der Waals surface area contributed by atoms with Crippen molar-refractivity contribution in [2.45, 2.75) is 36.2 Å². The SMILES string of the molecule is CC[C@@H](C)c1ccccc1NC(=O)c1ccc(Sc2nncn2C)c([N+](=O)[O-])c1. The minimum Gasteiger partial charge on any atom is -0.322 e. The zero-order valence-corrected chi connectivity index (χ0v) is 17.1. The Bertz CT molecular complexity index is 1050. The lowest BCUT2D eigenvalue weighted by Crippen LogP contribution is -2.14. The molecular weight excluding hydrogens is 390 g/mol. The van der Waals surface area contributed by atoms with E-state index in [4.69, 9.17) is 0 Å². The molecule has 1 amide bonds. The molecule has 0 aliphatic rings. The van der Waals surface area contributed by atoms with Gasteiger partial charge in [0.05, 0.1) is 9.82 Å². The smallest absolute Gasteiger partial charge is 0.284 e. The molecule has 0 bridgehead atoms. The molecule has 0 spiro atoms. The van der Waals surface area contributed by atoms with E-state index in [0.29, 0.717) is 15.7 Å². The van der Waals surface area contributed by atoms with Crippen molar-refractivity contribution in [1.29, 1.82) is 0 Å². The number of amides is 1. The molecule has 9 heteroatoms. The fourth-order valence-electron chi connectivity index (χ4n) is 2.81. The molecule has 1 atom stereocenters. The largest absolute Gasteiger partial charge is 0.322 e. The van der Waals surface area contributed by atoms with Gasteiger partial charge in [0, 0.05) is 24.4 Å². The van der Waals surface area contributed by atoms with Crippen LogP contribution in [0, 0.1) is 10.1 Å². The zero-order valence-electron chi connectivity index (χ0n) is 16.3. The Kier molecular flexibility index (Phi) is 6.28. The number of anilines is 1. The summed E-state index contributed by atoms with van der Waals surface area (Å²) < 4.78 is 1.67. The summed E-state index contributed by atoms with van der Waals surface area (Å²) in [6.07, 6.45) is 2.46. The molecule has 2 aromatic carbocycles. The monoisotopic (exact) mass is 411 g/mol. The minimum absolute atomic E-state index is 0.152. The van der Waals surface area contributed by atoms with Gasteiger partial charge in [0.15, 0.2) is 5.16 Å². The number of para-hydroxylation sites is 1. The summed E-state index contributed by atoms with van der Waals surface area (Å²) in [6.45, 7) is 4.18. The molecule has 0 radical (unpaired) electrons. The molecule has 8 nitrogen and oxygen atoms in total. The standard InChI is InChI=1S/C20H21N5O3S/c1-4-13(2)15-7-5-6-8-16(15)22-19(26)14-9-10-18(17(11-14)25(27)28)29-20-23-21-12-24(20)3/h5-13H,4H2,1-3H3,(H,22,26)/t13-/m1/s1. The van der Waals surface area contributed by atoms with E-state index in [1.54, 1.807) is 23.7 Å². The number of aryl methyl sites for hydroxylation is 1. The zero-order chi connectivity index (χ0) is 21.0. The maximum Gasteiger partial charge on any atom is 0.284 e. The molecular formula is C20H21N5O3S. The minimum atomic E-state index is -0.497. The van der Waals surface area contributed by atoms with E-state index in [1.807, 2.05) is 24.3 Å². The molecule has 0 fully saturated rings. The molecule has 0 saturated heterocycles. The van der Waals surface area contributed by atoms with E-state index < -0.39 is 4.92 Å². The second-order valence-electron chi connectivity index (χ2n) is 6.62. The van der Waals surface area contributed by atoms with Crippen molar-refractivity contribution < 1.29 is 9.72 Å². The summed E-state index contributed by atoms with van der Waals surface area (Å²) in [5, 5.41) is 22.7. The van der Waals surface area contributed by atoms with Crippen LogP contribution in [0.1, 0.15) is 42.1 Å². The van der Waals surface area contributed by atoms with Gasteiger partial charge in [0.1, 0.15) is 6.33 Å². The number of carbonyl (C=O) groups is 1. The summed E-state index contributed by atoms with van der Waals surface area (Å²) in [6, 6.07) is 12.0. The fraction of sp³-hybridized carbons (Fsp3) is 0.250. The molecule has 0 unspecified atom stereocenters. The lowest BCUT2D eigenvalue weighted by Gasteiger charge is -2.15. The topological polar surface area (TPSA) is 103 Å². The number of benzene rings is 2. The average molecular weight is 411 g/mol. The highest BCUT2D eigenvalue weighted by Crippen LogP contribution is 2.34. The summed E-state index contributed by atoms with van der Waals surface area (Å²) in [4.78, 5) is 24.2. The van der Waals surface area contributed by atoms with Gasteiger partial charge in [-0.2, -0.15) is 0 Å². The molecule has 1 heterocycles. The van der Waals surface area contributed by atoms with Gasteiger partial charge in [-0.1, -0.05) is 32.0 Å². The molecule has 0 aliphatic heterocycles. The highest BCUT2D eigenvalue weighted by atomic mass is 32.2. The predicted octanol–water partition coefficient (Wildman–Crippen LogP) is 4.64. The van der Waals surface area contributed by atoms with Crippen LogP contribution in [0.4, 0.5) is 11.4 Å². The van der Waals surface area contributed by atoms with Crippen LogP contribution < -0.4 is 5.32 Å². The van der Waals surface area contributed by atoms with Gasteiger partial charge in [-0.15, -0.1) is 10.2 Å². The Labute approximate surface area is 172 Å². The van der Waals surface area contributed by atoms with Crippen LogP contribution in [-0.4, -0.2) is 25.6 Å². The van der Waals surface area contributed by atoms with E-state index in [-0.39, 0.29) is 23.1 Å². The second kappa shape index (κ2) is 8.87. The third-order valence-electron chi connectivity index (χ3n) is 4.64. The lowest BCUT2D eigenvalue weighted by molar-refractivity contribution is -0.387. The van der Waals surface area contributed by atoms with Crippen LogP contribution in [0.3, 0.4) is 0 Å². The first-order valence-corrected chi connectivity index (χ1v) is 9.93. The lowest BCUT2D eigenvalue weighted by atomic mass is 9.97. The normalized spacial score (nSPS) is 11.8. The van der Waals surface area contributed by atoms with Gasteiger partial charge in [-0.05, 0) is 47.9 Å². The Balaban J connectivity index is 1.88. The Morgan fingerprint density at radius 2 is 2.07 bits per heavy atom. The maximum atomic E-state index is 12.8. The van der Waals surface area contributed by atoms with Crippen LogP contribution in [0.2, 0.25) is 0 Å². The van der Waals surface area contributed by atoms with Crippen molar-refractivity contribution in [2.75, 3.05) is 5.32 Å². The van der Waals surface area contributed by atoms with Crippen LogP contribution in [-0.2, 0) is 7.05 Å². The molecule has 3 aromatic rings. The maximum absolute atomic E-state index is 12.8. The third kappa shape index (κ3) is 4.62. The van der Waals surface area contributed by atoms with Crippen LogP contribution in [0.25, 0.3) is 0 Å². The van der Waals surface area contributed by atoms with Crippen LogP contribution in [0.5, 0.6) is 0 Å². The predicted molar refractivity (Wildman–Crippen MR) is 111 cm³/mol. The fourth-order valence-corrected chi connectivity index (χ4v) is 3.66. The van der Waals surface area contributed by atoms with Crippen molar-refractivity contribution in [1.82, 2.24) is 14.8 Å². The van der Waals surface area contributed by atoms with Crippen molar-refractivity contribution >= 4 is 29.0 Å². The molecule has 3 rings (SSSR count). The molecule has 1 aromatic heterocycles. The average Bonchev–Trinajstić information content (AvgIpc) is 3.12. The van der Waals surface area contributed by atoms with Gasteiger partial charge in [0.25, 0.3) is 11.6 Å². The number of rotatable bonds is 7. The highest BCUT2D eigenvalue weighted by Gasteiger charge is 2.21. The van der Waals surface area contributed by atoms with Gasteiger partial charge in [0.2, 0.25) is 0 Å². The van der Waals surface area contributed by atoms with Crippen molar-refractivity contribution in [2.24, 2.45) is 7.05 Å². The number of hydrogen-bond donors (Lipinski definition) is 1. The number of nitro groups is 1. The first-order chi connectivity index (χ1) is 13.9. The Hall–Kier alpha value is -3.20. The first kappa shape index (κ1) is 20.5. The van der Waals surface area contributed by atoms with Crippen LogP contribution in [0.15, 0.2) is 58.8 Å². The van der Waals surface area contributed by atoms with Gasteiger partial charge >= 0.3 is 0 Å². The first-order valence-electron chi connectivity index (χ1n) is 9.11. The Morgan fingerprint density at radius 1 is 1.31 bits per heavy atom. The van der Waals surface area contributed by atoms with Gasteiger partial charge < -0.3 is 9.88 Å². The number of nitrogens with one attached hydrogen (secondary N) is 1. The number of aromatic nitrogens is 3. The highest BCUT2D eigenvalue weighted by molar-refractivity contribution is 7.99. The van der Waals surface area contributed by atoms with E-state index in [2.05, 4.69) is 29.4 Å². The van der Waals surface area contributed by atoms with E-state index in [1.165, 1.54) is 12.4 Å². The Morgan fingerprint density at radius 3 is 2.72 bits per heavy atom. The number of hydrogen-bond acceptors (Lipinski definition) is 6. The van der Waals surface area contributed by atoms with Gasteiger partial charge in [-0.3, -0.25) is 14.9 Å².